The first-order valence-corrected chi connectivity index (χ1v) is 8.02. The van der Waals surface area contributed by atoms with E-state index in [4.69, 9.17) is 18.0 Å². The highest BCUT2D eigenvalue weighted by molar-refractivity contribution is 7.89. The van der Waals surface area contributed by atoms with Crippen LogP contribution in [0.25, 0.3) is 0 Å². The van der Waals surface area contributed by atoms with Gasteiger partial charge in [-0.15, -0.1) is 0 Å². The van der Waals surface area contributed by atoms with Gasteiger partial charge in [0.25, 0.3) is 0 Å². The third-order valence-corrected chi connectivity index (χ3v) is 5.60. The molecule has 1 aliphatic rings. The van der Waals surface area contributed by atoms with E-state index in [1.54, 1.807) is 0 Å². The minimum atomic E-state index is -4.41. The van der Waals surface area contributed by atoms with E-state index in [2.05, 4.69) is 0 Å². The van der Waals surface area contributed by atoms with E-state index >= 15 is 0 Å². The van der Waals surface area contributed by atoms with E-state index < -0.39 is 32.4 Å². The molecular formula is C12H13F3N2O2S2. The van der Waals surface area contributed by atoms with E-state index in [9.17, 15) is 21.6 Å². The number of thiocarbonyl (C=S) groups is 1. The second-order valence-corrected chi connectivity index (χ2v) is 7.15. The Kier molecular flexibility index (Phi) is 4.54. The minimum Gasteiger partial charge on any atom is -0.393 e. The number of hydrogen-bond acceptors (Lipinski definition) is 3. The molecule has 1 unspecified atom stereocenters. The van der Waals surface area contributed by atoms with Gasteiger partial charge >= 0.3 is 0 Å². The molecular weight excluding hydrogens is 325 g/mol. The van der Waals surface area contributed by atoms with Crippen LogP contribution in [0.1, 0.15) is 12.8 Å². The second-order valence-electron chi connectivity index (χ2n) is 4.80. The highest BCUT2D eigenvalue weighted by atomic mass is 32.2. The van der Waals surface area contributed by atoms with E-state index in [0.29, 0.717) is 25.0 Å². The van der Waals surface area contributed by atoms with Crippen LogP contribution < -0.4 is 5.73 Å². The third kappa shape index (κ3) is 3.19. The van der Waals surface area contributed by atoms with Crippen molar-refractivity contribution in [1.82, 2.24) is 4.31 Å². The molecule has 21 heavy (non-hydrogen) atoms. The van der Waals surface area contributed by atoms with Crippen molar-refractivity contribution in [1.29, 1.82) is 0 Å². The number of piperidine rings is 1. The summed E-state index contributed by atoms with van der Waals surface area (Å²) in [6.45, 7) is 0.0750. The Morgan fingerprint density at radius 1 is 1.29 bits per heavy atom. The lowest BCUT2D eigenvalue weighted by molar-refractivity contribution is 0.310. The Morgan fingerprint density at radius 2 is 1.86 bits per heavy atom. The molecule has 116 valence electrons. The highest BCUT2D eigenvalue weighted by Gasteiger charge is 2.35. The number of benzene rings is 1. The monoisotopic (exact) mass is 338 g/mol. The first-order valence-electron chi connectivity index (χ1n) is 6.17. The van der Waals surface area contributed by atoms with Crippen molar-refractivity contribution in [3.8, 4) is 0 Å². The van der Waals surface area contributed by atoms with Crippen LogP contribution in [0.15, 0.2) is 17.0 Å². The van der Waals surface area contributed by atoms with E-state index in [1.807, 2.05) is 0 Å². The number of rotatable bonds is 3. The molecule has 0 bridgehead atoms. The topological polar surface area (TPSA) is 63.4 Å². The lowest BCUT2D eigenvalue weighted by Gasteiger charge is -2.31. The van der Waals surface area contributed by atoms with Crippen molar-refractivity contribution in [2.45, 2.75) is 17.7 Å². The Morgan fingerprint density at radius 3 is 2.38 bits per heavy atom. The standard InChI is InChI=1S/C12H13F3N2O2S2/c13-8-4-9(14)11(10(15)5-8)21(18,19)17-3-1-2-7(6-17)12(16)20/h4-5,7H,1-3,6H2,(H2,16,20). The third-order valence-electron chi connectivity index (χ3n) is 3.35. The van der Waals surface area contributed by atoms with E-state index in [-0.39, 0.29) is 24.0 Å². The predicted molar refractivity (Wildman–Crippen MR) is 74.6 cm³/mol. The molecule has 0 amide bonds. The van der Waals surface area contributed by atoms with Gasteiger partial charge in [-0.1, -0.05) is 12.2 Å². The lowest BCUT2D eigenvalue weighted by Crippen LogP contribution is -2.44. The second kappa shape index (κ2) is 5.90. The summed E-state index contributed by atoms with van der Waals surface area (Å²) in [7, 11) is -4.41. The number of halogens is 3. The summed E-state index contributed by atoms with van der Waals surface area (Å²) in [4.78, 5) is -0.984. The Balaban J connectivity index is 2.41. The maximum atomic E-state index is 13.7. The van der Waals surface area contributed by atoms with Gasteiger partial charge in [-0.2, -0.15) is 4.31 Å². The fourth-order valence-corrected chi connectivity index (χ4v) is 4.10. The first-order chi connectivity index (χ1) is 9.73. The molecule has 0 spiro atoms. The first kappa shape index (κ1) is 16.2. The van der Waals surface area contributed by atoms with Crippen LogP contribution in [-0.4, -0.2) is 30.8 Å². The normalized spacial score (nSPS) is 20.4. The van der Waals surface area contributed by atoms with Crippen LogP contribution in [0.4, 0.5) is 13.2 Å². The van der Waals surface area contributed by atoms with E-state index in [1.165, 1.54) is 0 Å². The zero-order valence-corrected chi connectivity index (χ0v) is 12.5. The van der Waals surface area contributed by atoms with Crippen molar-refractivity contribution in [2.75, 3.05) is 13.1 Å². The SMILES string of the molecule is NC(=S)C1CCCN(S(=O)(=O)c2c(F)cc(F)cc2F)C1. The van der Waals surface area contributed by atoms with Crippen molar-refractivity contribution < 1.29 is 21.6 Å². The highest BCUT2D eigenvalue weighted by Crippen LogP contribution is 2.27. The zero-order valence-electron chi connectivity index (χ0n) is 10.9. The van der Waals surface area contributed by atoms with Crippen molar-refractivity contribution in [3.05, 3.63) is 29.6 Å². The summed E-state index contributed by atoms with van der Waals surface area (Å²) in [6, 6.07) is 0.677. The van der Waals surface area contributed by atoms with Crippen molar-refractivity contribution >= 4 is 27.2 Å². The minimum absolute atomic E-state index is 0.0338. The quantitative estimate of drug-likeness (QED) is 0.854. The summed E-state index contributed by atoms with van der Waals surface area (Å²) in [6.07, 6.45) is 1.10. The maximum Gasteiger partial charge on any atom is 0.248 e. The van der Waals surface area contributed by atoms with Gasteiger partial charge < -0.3 is 5.73 Å². The Labute approximate surface area is 125 Å². The van der Waals surface area contributed by atoms with Gasteiger partial charge in [-0.05, 0) is 12.8 Å². The van der Waals surface area contributed by atoms with Crippen molar-refractivity contribution in [3.63, 3.8) is 0 Å². The summed E-state index contributed by atoms with van der Waals surface area (Å²) < 4.78 is 65.9. The molecule has 0 saturated carbocycles. The molecule has 2 N–H and O–H groups in total. The van der Waals surface area contributed by atoms with E-state index in [0.717, 1.165) is 4.31 Å². The molecule has 1 heterocycles. The van der Waals surface area contributed by atoms with Crippen molar-refractivity contribution in [2.24, 2.45) is 11.7 Å². The summed E-state index contributed by atoms with van der Waals surface area (Å²) >= 11 is 4.84. The van der Waals surface area contributed by atoms with Gasteiger partial charge in [0.15, 0.2) is 4.90 Å². The van der Waals surface area contributed by atoms with Gasteiger partial charge in [0, 0.05) is 31.1 Å². The van der Waals surface area contributed by atoms with Gasteiger partial charge in [0.1, 0.15) is 17.5 Å². The number of nitrogens with zero attached hydrogens (tertiary/aromatic N) is 1. The van der Waals surface area contributed by atoms with Gasteiger partial charge in [-0.25, -0.2) is 21.6 Å². The van der Waals surface area contributed by atoms with Gasteiger partial charge in [-0.3, -0.25) is 0 Å². The molecule has 0 aliphatic carbocycles. The number of hydrogen-bond donors (Lipinski definition) is 1. The molecule has 1 aromatic rings. The molecule has 1 atom stereocenters. The zero-order chi connectivity index (χ0) is 15.8. The molecule has 2 rings (SSSR count). The molecule has 4 nitrogen and oxygen atoms in total. The summed E-state index contributed by atoms with van der Waals surface area (Å²) in [5, 5.41) is 0. The average Bonchev–Trinajstić information content (AvgIpc) is 2.37. The molecule has 1 saturated heterocycles. The Hall–Kier alpha value is -1.19. The van der Waals surface area contributed by atoms with Crippen LogP contribution in [0, 0.1) is 23.4 Å². The Bertz CT molecular complexity index is 656. The molecule has 1 aromatic carbocycles. The molecule has 9 heteroatoms. The van der Waals surface area contributed by atoms with Gasteiger partial charge in [0.05, 0.1) is 4.99 Å². The maximum absolute atomic E-state index is 13.7. The summed E-state index contributed by atoms with van der Waals surface area (Å²) in [5.41, 5.74) is 5.50. The smallest absolute Gasteiger partial charge is 0.248 e. The van der Waals surface area contributed by atoms with Crippen LogP contribution in [0.2, 0.25) is 0 Å². The number of nitrogens with two attached hydrogens (primary N) is 1. The molecule has 0 aromatic heterocycles. The van der Waals surface area contributed by atoms with Gasteiger partial charge in [0.2, 0.25) is 10.0 Å². The number of sulfonamides is 1. The molecule has 1 aliphatic heterocycles. The average molecular weight is 338 g/mol. The fraction of sp³-hybridized carbons (Fsp3) is 0.417. The fourth-order valence-electron chi connectivity index (χ4n) is 2.30. The molecule has 0 radical (unpaired) electrons. The lowest BCUT2D eigenvalue weighted by atomic mass is 10.0. The largest absolute Gasteiger partial charge is 0.393 e. The van der Waals surface area contributed by atoms with Crippen LogP contribution in [0.3, 0.4) is 0 Å². The van der Waals surface area contributed by atoms with Crippen LogP contribution in [-0.2, 0) is 10.0 Å². The molecule has 1 fully saturated rings. The van der Waals surface area contributed by atoms with Crippen LogP contribution in [0.5, 0.6) is 0 Å². The summed E-state index contributed by atoms with van der Waals surface area (Å²) in [5.74, 6) is -4.42. The predicted octanol–water partition coefficient (Wildman–Crippen LogP) is 1.79. The van der Waals surface area contributed by atoms with Crippen LogP contribution >= 0.6 is 12.2 Å².